The molecule has 1 aliphatic rings. The van der Waals surface area contributed by atoms with E-state index in [2.05, 4.69) is 23.9 Å². The Morgan fingerprint density at radius 2 is 1.92 bits per heavy atom. The van der Waals surface area contributed by atoms with Crippen LogP contribution < -0.4 is 15.8 Å². The first-order valence-corrected chi connectivity index (χ1v) is 10.4. The average Bonchev–Trinajstić information content (AvgIpc) is 3.06. The second-order valence-corrected chi connectivity index (χ2v) is 8.88. The van der Waals surface area contributed by atoms with Crippen LogP contribution in [0.2, 0.25) is 0 Å². The van der Waals surface area contributed by atoms with Gasteiger partial charge < -0.3 is 11.1 Å². The summed E-state index contributed by atoms with van der Waals surface area (Å²) in [6.45, 7) is 4.48. The lowest BCUT2D eigenvalue weighted by molar-refractivity contribution is 0.0933. The maximum Gasteiger partial charge on any atom is 0.251 e. The van der Waals surface area contributed by atoms with Crippen LogP contribution in [0.15, 0.2) is 29.2 Å². The zero-order valence-corrected chi connectivity index (χ0v) is 17.0. The maximum absolute atomic E-state index is 12.5. The largest absolute Gasteiger partial charge is 0.348 e. The Bertz CT molecular complexity index is 689. The predicted molar refractivity (Wildman–Crippen MR) is 106 cm³/mol. The van der Waals surface area contributed by atoms with Crippen LogP contribution in [0.3, 0.4) is 0 Å². The van der Waals surface area contributed by atoms with Crippen LogP contribution in [0.4, 0.5) is 0 Å². The molecule has 8 heteroatoms. The van der Waals surface area contributed by atoms with E-state index in [1.54, 1.807) is 12.1 Å². The maximum atomic E-state index is 12.5. The van der Waals surface area contributed by atoms with E-state index in [0.29, 0.717) is 18.0 Å². The molecule has 1 unspecified atom stereocenters. The fraction of sp³-hybridized carbons (Fsp3) is 0.611. The number of hydrogen-bond donors (Lipinski definition) is 3. The van der Waals surface area contributed by atoms with Gasteiger partial charge in [0.15, 0.2) is 0 Å². The molecule has 1 aromatic carbocycles. The van der Waals surface area contributed by atoms with Crippen LogP contribution in [-0.4, -0.2) is 33.0 Å². The summed E-state index contributed by atoms with van der Waals surface area (Å²) in [6.07, 6.45) is 4.61. The summed E-state index contributed by atoms with van der Waals surface area (Å²) >= 11 is 0. The van der Waals surface area contributed by atoms with Crippen molar-refractivity contribution in [1.82, 2.24) is 10.0 Å². The van der Waals surface area contributed by atoms with E-state index in [9.17, 15) is 13.2 Å². The van der Waals surface area contributed by atoms with Crippen LogP contribution in [0, 0.1) is 5.92 Å². The summed E-state index contributed by atoms with van der Waals surface area (Å²) in [6, 6.07) is 6.03. The van der Waals surface area contributed by atoms with Crippen molar-refractivity contribution in [3.8, 4) is 0 Å². The van der Waals surface area contributed by atoms with Gasteiger partial charge in [0.05, 0.1) is 4.90 Å². The number of halogens is 1. The summed E-state index contributed by atoms with van der Waals surface area (Å²) in [7, 11) is -3.61. The molecular weight excluding hydrogens is 374 g/mol. The van der Waals surface area contributed by atoms with Crippen LogP contribution in [-0.2, 0) is 10.0 Å². The molecular formula is C18H30ClN3O3S. The quantitative estimate of drug-likeness (QED) is 0.620. The lowest BCUT2D eigenvalue weighted by atomic mass is 10.0. The molecule has 6 nitrogen and oxygen atoms in total. The lowest BCUT2D eigenvalue weighted by Crippen LogP contribution is -2.41. The molecule has 0 aliphatic heterocycles. The summed E-state index contributed by atoms with van der Waals surface area (Å²) in [5.41, 5.74) is 6.05. The molecule has 4 N–H and O–H groups in total. The molecule has 1 saturated carbocycles. The number of hydrogen-bond acceptors (Lipinski definition) is 4. The highest BCUT2D eigenvalue weighted by Gasteiger charge is 2.23. The highest BCUT2D eigenvalue weighted by molar-refractivity contribution is 7.89. The number of benzene rings is 1. The van der Waals surface area contributed by atoms with Crippen molar-refractivity contribution in [2.45, 2.75) is 62.9 Å². The van der Waals surface area contributed by atoms with E-state index in [1.165, 1.54) is 12.1 Å². The van der Waals surface area contributed by atoms with Gasteiger partial charge in [0.25, 0.3) is 5.91 Å². The Labute approximate surface area is 162 Å². The monoisotopic (exact) mass is 403 g/mol. The first kappa shape index (κ1) is 22.9. The topological polar surface area (TPSA) is 101 Å². The van der Waals surface area contributed by atoms with Gasteiger partial charge >= 0.3 is 0 Å². The molecule has 0 bridgehead atoms. The van der Waals surface area contributed by atoms with E-state index >= 15 is 0 Å². The van der Waals surface area contributed by atoms with Gasteiger partial charge in [-0.15, -0.1) is 12.4 Å². The van der Waals surface area contributed by atoms with Gasteiger partial charge in [0, 0.05) is 24.2 Å². The Kier molecular flexibility index (Phi) is 9.03. The van der Waals surface area contributed by atoms with Crippen molar-refractivity contribution in [1.29, 1.82) is 0 Å². The van der Waals surface area contributed by atoms with Crippen LogP contribution >= 0.6 is 12.4 Å². The minimum Gasteiger partial charge on any atom is -0.348 e. The molecule has 26 heavy (non-hydrogen) atoms. The first-order valence-electron chi connectivity index (χ1n) is 8.95. The van der Waals surface area contributed by atoms with Gasteiger partial charge in [-0.2, -0.15) is 0 Å². The highest BCUT2D eigenvalue weighted by Crippen LogP contribution is 2.21. The fourth-order valence-electron chi connectivity index (χ4n) is 3.19. The van der Waals surface area contributed by atoms with Crippen molar-refractivity contribution < 1.29 is 13.2 Å². The molecule has 1 aromatic rings. The Hall–Kier alpha value is -1.15. The Morgan fingerprint density at radius 3 is 2.50 bits per heavy atom. The highest BCUT2D eigenvalue weighted by atomic mass is 35.5. The van der Waals surface area contributed by atoms with Gasteiger partial charge in [-0.25, -0.2) is 13.1 Å². The number of sulfonamides is 1. The number of nitrogens with one attached hydrogen (secondary N) is 2. The van der Waals surface area contributed by atoms with Crippen molar-refractivity contribution in [3.05, 3.63) is 29.8 Å². The minimum absolute atomic E-state index is 0. The first-order chi connectivity index (χ1) is 11.8. The summed E-state index contributed by atoms with van der Waals surface area (Å²) in [5.74, 6) is 0.116. The molecule has 148 valence electrons. The molecule has 0 radical (unpaired) electrons. The van der Waals surface area contributed by atoms with Gasteiger partial charge in [0.2, 0.25) is 10.0 Å². The van der Waals surface area contributed by atoms with Gasteiger partial charge in [-0.3, -0.25) is 4.79 Å². The van der Waals surface area contributed by atoms with E-state index in [1.807, 2.05) is 0 Å². The predicted octanol–water partition coefficient (Wildman–Crippen LogP) is 2.43. The Morgan fingerprint density at radius 1 is 1.27 bits per heavy atom. The van der Waals surface area contributed by atoms with Crippen LogP contribution in [0.1, 0.15) is 56.3 Å². The van der Waals surface area contributed by atoms with Gasteiger partial charge in [-0.05, 0) is 43.4 Å². The minimum atomic E-state index is -3.61. The van der Waals surface area contributed by atoms with E-state index in [-0.39, 0.29) is 35.3 Å². The standard InChI is InChI=1S/C18H29N3O3S.ClH/c1-13(2)10-16(12-19)20-18(22)14-6-5-9-17(11-14)25(23,24)21-15-7-3-4-8-15;/h5-6,9,11,13,15-16,21H,3-4,7-8,10,12,19H2,1-2H3,(H,20,22);1H. The number of nitrogens with two attached hydrogens (primary N) is 1. The molecule has 1 amide bonds. The third-order valence-electron chi connectivity index (χ3n) is 4.46. The second kappa shape index (κ2) is 10.3. The van der Waals surface area contributed by atoms with Crippen LogP contribution in [0.25, 0.3) is 0 Å². The molecule has 1 atom stereocenters. The molecule has 0 heterocycles. The van der Waals surface area contributed by atoms with Crippen molar-refractivity contribution in [2.75, 3.05) is 6.54 Å². The number of carbonyl (C=O) groups is 1. The molecule has 2 rings (SSSR count). The normalized spacial score (nSPS) is 16.3. The molecule has 0 aromatic heterocycles. The molecule has 1 aliphatic carbocycles. The molecule has 0 spiro atoms. The SMILES string of the molecule is CC(C)CC(CN)NC(=O)c1cccc(S(=O)(=O)NC2CCCC2)c1.Cl. The van der Waals surface area contributed by atoms with E-state index in [4.69, 9.17) is 5.73 Å². The van der Waals surface area contributed by atoms with E-state index in [0.717, 1.165) is 32.1 Å². The summed E-state index contributed by atoms with van der Waals surface area (Å²) < 4.78 is 27.8. The smallest absolute Gasteiger partial charge is 0.251 e. The van der Waals surface area contributed by atoms with Crippen molar-refractivity contribution >= 4 is 28.3 Å². The average molecular weight is 404 g/mol. The summed E-state index contributed by atoms with van der Waals surface area (Å²) in [4.78, 5) is 12.6. The van der Waals surface area contributed by atoms with Crippen LogP contribution in [0.5, 0.6) is 0 Å². The number of carbonyl (C=O) groups excluding carboxylic acids is 1. The zero-order chi connectivity index (χ0) is 18.4. The van der Waals surface area contributed by atoms with E-state index < -0.39 is 10.0 Å². The third kappa shape index (κ3) is 6.54. The third-order valence-corrected chi connectivity index (χ3v) is 5.98. The summed E-state index contributed by atoms with van der Waals surface area (Å²) in [5, 5.41) is 2.89. The number of rotatable bonds is 8. The zero-order valence-electron chi connectivity index (χ0n) is 15.4. The fourth-order valence-corrected chi connectivity index (χ4v) is 4.54. The van der Waals surface area contributed by atoms with Crippen molar-refractivity contribution in [2.24, 2.45) is 11.7 Å². The number of amides is 1. The van der Waals surface area contributed by atoms with Crippen molar-refractivity contribution in [3.63, 3.8) is 0 Å². The Balaban J connectivity index is 0.00000338. The molecule has 1 fully saturated rings. The van der Waals surface area contributed by atoms with Gasteiger partial charge in [0.1, 0.15) is 0 Å². The second-order valence-electron chi connectivity index (χ2n) is 7.17. The molecule has 0 saturated heterocycles. The van der Waals surface area contributed by atoms with Gasteiger partial charge in [-0.1, -0.05) is 32.8 Å². The lowest BCUT2D eigenvalue weighted by Gasteiger charge is -2.19.